The monoisotopic (exact) mass is 333 g/mol. The Morgan fingerprint density at radius 3 is 2.52 bits per heavy atom. The first-order valence-corrected chi connectivity index (χ1v) is 8.03. The van der Waals surface area contributed by atoms with E-state index in [1.54, 1.807) is 7.11 Å². The summed E-state index contributed by atoms with van der Waals surface area (Å²) < 4.78 is 17.6. The molecular formula is C18H20ClNO3. The van der Waals surface area contributed by atoms with E-state index in [0.717, 1.165) is 18.7 Å². The minimum Gasteiger partial charge on any atom is -0.493 e. The van der Waals surface area contributed by atoms with E-state index in [9.17, 15) is 0 Å². The second kappa shape index (κ2) is 7.68. The zero-order chi connectivity index (χ0) is 16.1. The van der Waals surface area contributed by atoms with Crippen LogP contribution in [0, 0.1) is 0 Å². The Bertz CT molecular complexity index is 626. The summed E-state index contributed by atoms with van der Waals surface area (Å²) in [5.41, 5.74) is 1.02. The normalized spacial score (nSPS) is 19.1. The van der Waals surface area contributed by atoms with Crippen molar-refractivity contribution < 1.29 is 14.2 Å². The summed E-state index contributed by atoms with van der Waals surface area (Å²) in [5.74, 6) is 1.40. The topological polar surface area (TPSA) is 39.7 Å². The molecule has 0 bridgehead atoms. The SMILES string of the molecule is COc1ccccc1OC(c1ccc(Cl)cc1)C1CNCCO1. The number of para-hydroxylation sites is 2. The maximum Gasteiger partial charge on any atom is 0.162 e. The fourth-order valence-electron chi connectivity index (χ4n) is 2.64. The van der Waals surface area contributed by atoms with E-state index in [2.05, 4.69) is 5.32 Å². The Kier molecular flexibility index (Phi) is 5.39. The maximum absolute atomic E-state index is 6.27. The van der Waals surface area contributed by atoms with Crippen molar-refractivity contribution in [3.8, 4) is 11.5 Å². The Labute approximate surface area is 141 Å². The Morgan fingerprint density at radius 2 is 1.87 bits per heavy atom. The van der Waals surface area contributed by atoms with E-state index in [4.69, 9.17) is 25.8 Å². The minimum absolute atomic E-state index is 0.0742. The van der Waals surface area contributed by atoms with Crippen molar-refractivity contribution in [2.24, 2.45) is 0 Å². The van der Waals surface area contributed by atoms with Gasteiger partial charge in [0.25, 0.3) is 0 Å². The summed E-state index contributed by atoms with van der Waals surface area (Å²) >= 11 is 6.01. The zero-order valence-electron chi connectivity index (χ0n) is 13.0. The van der Waals surface area contributed by atoms with Gasteiger partial charge in [0.2, 0.25) is 0 Å². The quantitative estimate of drug-likeness (QED) is 0.909. The molecule has 2 aromatic rings. The second-order valence-corrected chi connectivity index (χ2v) is 5.79. The van der Waals surface area contributed by atoms with Crippen LogP contribution in [-0.4, -0.2) is 32.9 Å². The molecule has 3 rings (SSSR count). The van der Waals surface area contributed by atoms with E-state index in [0.29, 0.717) is 23.1 Å². The Hall–Kier alpha value is -1.75. The summed E-state index contributed by atoms with van der Waals surface area (Å²) in [6, 6.07) is 15.3. The van der Waals surface area contributed by atoms with Crippen molar-refractivity contribution in [1.29, 1.82) is 0 Å². The molecular weight excluding hydrogens is 314 g/mol. The number of methoxy groups -OCH3 is 1. The van der Waals surface area contributed by atoms with Crippen LogP contribution >= 0.6 is 11.6 Å². The van der Waals surface area contributed by atoms with Gasteiger partial charge < -0.3 is 19.5 Å². The van der Waals surface area contributed by atoms with Crippen LogP contribution in [-0.2, 0) is 4.74 Å². The lowest BCUT2D eigenvalue weighted by molar-refractivity contribution is -0.0438. The van der Waals surface area contributed by atoms with Crippen LogP contribution in [0.2, 0.25) is 5.02 Å². The molecule has 2 aromatic carbocycles. The molecule has 1 heterocycles. The molecule has 1 aliphatic rings. The molecule has 122 valence electrons. The van der Waals surface area contributed by atoms with Crippen LogP contribution in [0.1, 0.15) is 11.7 Å². The average Bonchev–Trinajstić information content (AvgIpc) is 2.61. The van der Waals surface area contributed by atoms with Crippen molar-refractivity contribution in [3.05, 3.63) is 59.1 Å². The van der Waals surface area contributed by atoms with Crippen molar-refractivity contribution in [1.82, 2.24) is 5.32 Å². The first-order chi connectivity index (χ1) is 11.3. The molecule has 1 aliphatic heterocycles. The first kappa shape index (κ1) is 16.1. The largest absolute Gasteiger partial charge is 0.493 e. The van der Waals surface area contributed by atoms with Crippen LogP contribution in [0.25, 0.3) is 0 Å². The molecule has 0 aliphatic carbocycles. The molecule has 1 fully saturated rings. The summed E-state index contributed by atoms with van der Waals surface area (Å²) in [7, 11) is 1.64. The third-order valence-electron chi connectivity index (χ3n) is 3.82. The van der Waals surface area contributed by atoms with Crippen LogP contribution in [0.3, 0.4) is 0 Å². The number of morpholine rings is 1. The predicted molar refractivity (Wildman–Crippen MR) is 90.4 cm³/mol. The average molecular weight is 334 g/mol. The van der Waals surface area contributed by atoms with Crippen LogP contribution < -0.4 is 14.8 Å². The fraction of sp³-hybridized carbons (Fsp3) is 0.333. The number of hydrogen-bond donors (Lipinski definition) is 1. The van der Waals surface area contributed by atoms with Crippen molar-refractivity contribution in [2.75, 3.05) is 26.8 Å². The number of ether oxygens (including phenoxy) is 3. The maximum atomic E-state index is 6.27. The number of benzene rings is 2. The summed E-state index contributed by atoms with van der Waals surface area (Å²) in [4.78, 5) is 0. The highest BCUT2D eigenvalue weighted by Crippen LogP contribution is 2.33. The Balaban J connectivity index is 1.89. The van der Waals surface area contributed by atoms with Crippen LogP contribution in [0.4, 0.5) is 0 Å². The molecule has 2 unspecified atom stereocenters. The van der Waals surface area contributed by atoms with Gasteiger partial charge in [-0.25, -0.2) is 0 Å². The molecule has 0 spiro atoms. The lowest BCUT2D eigenvalue weighted by Crippen LogP contribution is -2.43. The van der Waals surface area contributed by atoms with E-state index in [-0.39, 0.29) is 12.2 Å². The van der Waals surface area contributed by atoms with Gasteiger partial charge in [0.15, 0.2) is 17.6 Å². The molecule has 2 atom stereocenters. The van der Waals surface area contributed by atoms with Crippen molar-refractivity contribution in [2.45, 2.75) is 12.2 Å². The lowest BCUT2D eigenvalue weighted by Gasteiger charge is -2.32. The number of nitrogens with one attached hydrogen (secondary N) is 1. The van der Waals surface area contributed by atoms with Gasteiger partial charge in [0.1, 0.15) is 6.10 Å². The highest BCUT2D eigenvalue weighted by molar-refractivity contribution is 6.30. The second-order valence-electron chi connectivity index (χ2n) is 5.35. The third kappa shape index (κ3) is 3.96. The van der Waals surface area contributed by atoms with Gasteiger partial charge in [-0.1, -0.05) is 35.9 Å². The molecule has 0 saturated carbocycles. The van der Waals surface area contributed by atoms with Gasteiger partial charge in [0, 0.05) is 18.1 Å². The number of rotatable bonds is 5. The van der Waals surface area contributed by atoms with Crippen LogP contribution in [0.5, 0.6) is 11.5 Å². The Morgan fingerprint density at radius 1 is 1.13 bits per heavy atom. The smallest absolute Gasteiger partial charge is 0.162 e. The van der Waals surface area contributed by atoms with Gasteiger partial charge >= 0.3 is 0 Å². The molecule has 23 heavy (non-hydrogen) atoms. The minimum atomic E-state index is -0.239. The van der Waals surface area contributed by atoms with Crippen molar-refractivity contribution in [3.63, 3.8) is 0 Å². The standard InChI is InChI=1S/C18H20ClNO3/c1-21-15-4-2-3-5-16(15)23-18(17-12-20-10-11-22-17)13-6-8-14(19)9-7-13/h2-9,17-18,20H,10-12H2,1H3. The summed E-state index contributed by atoms with van der Waals surface area (Å²) in [6.45, 7) is 2.27. The van der Waals surface area contributed by atoms with Gasteiger partial charge in [-0.15, -0.1) is 0 Å². The van der Waals surface area contributed by atoms with Gasteiger partial charge in [-0.05, 0) is 29.8 Å². The fourth-order valence-corrected chi connectivity index (χ4v) is 2.77. The van der Waals surface area contributed by atoms with Crippen molar-refractivity contribution >= 4 is 11.6 Å². The highest BCUT2D eigenvalue weighted by atomic mass is 35.5. The van der Waals surface area contributed by atoms with Gasteiger partial charge in [-0.2, -0.15) is 0 Å². The lowest BCUT2D eigenvalue weighted by atomic mass is 10.0. The summed E-state index contributed by atoms with van der Waals surface area (Å²) in [5, 5.41) is 4.05. The molecule has 5 heteroatoms. The molecule has 0 amide bonds. The van der Waals surface area contributed by atoms with E-state index < -0.39 is 0 Å². The van der Waals surface area contributed by atoms with Gasteiger partial charge in [0.05, 0.1) is 13.7 Å². The molecule has 4 nitrogen and oxygen atoms in total. The molecule has 1 saturated heterocycles. The first-order valence-electron chi connectivity index (χ1n) is 7.65. The van der Waals surface area contributed by atoms with Crippen LogP contribution in [0.15, 0.2) is 48.5 Å². The predicted octanol–water partition coefficient (Wildman–Crippen LogP) is 3.46. The van der Waals surface area contributed by atoms with E-state index in [1.807, 2.05) is 48.5 Å². The molecule has 0 aromatic heterocycles. The zero-order valence-corrected chi connectivity index (χ0v) is 13.8. The molecule has 0 radical (unpaired) electrons. The number of halogens is 1. The number of hydrogen-bond acceptors (Lipinski definition) is 4. The van der Waals surface area contributed by atoms with Gasteiger partial charge in [-0.3, -0.25) is 0 Å². The summed E-state index contributed by atoms with van der Waals surface area (Å²) in [6.07, 6.45) is -0.314. The molecule has 1 N–H and O–H groups in total. The highest BCUT2D eigenvalue weighted by Gasteiger charge is 2.28. The van der Waals surface area contributed by atoms with E-state index >= 15 is 0 Å². The third-order valence-corrected chi connectivity index (χ3v) is 4.07. The van der Waals surface area contributed by atoms with E-state index in [1.165, 1.54) is 0 Å².